The number of allylic oxidation sites excluding steroid dienone is 1. The van der Waals surface area contributed by atoms with E-state index in [0.29, 0.717) is 17.8 Å². The number of methoxy groups -OCH3 is 1. The molecular formula is C26H34F2O3. The molecule has 3 saturated carbocycles. The minimum absolute atomic E-state index is 0.0874. The molecule has 5 heteroatoms. The van der Waals surface area contributed by atoms with E-state index < -0.39 is 17.4 Å². The van der Waals surface area contributed by atoms with Crippen molar-refractivity contribution in [1.29, 1.82) is 0 Å². The fraction of sp³-hybridized carbons (Fsp3) is 0.654. The molecule has 0 aliphatic heterocycles. The van der Waals surface area contributed by atoms with E-state index in [2.05, 4.69) is 12.7 Å². The Morgan fingerprint density at radius 2 is 1.65 bits per heavy atom. The lowest BCUT2D eigenvalue weighted by Crippen LogP contribution is -2.40. The van der Waals surface area contributed by atoms with Crippen LogP contribution in [0.15, 0.2) is 24.8 Å². The summed E-state index contributed by atoms with van der Waals surface area (Å²) in [6.07, 6.45) is 13.7. The first-order valence-corrected chi connectivity index (χ1v) is 11.9. The van der Waals surface area contributed by atoms with E-state index in [1.807, 2.05) is 0 Å². The summed E-state index contributed by atoms with van der Waals surface area (Å²) in [5.74, 6) is 0.371. The SMILES string of the molecule is C=CC1CCC(C2CCC3C(CCCC3C(=O)Oc3cc(F)c(OC)c(F)c3)C2)CC1. The Morgan fingerprint density at radius 1 is 0.968 bits per heavy atom. The lowest BCUT2D eigenvalue weighted by molar-refractivity contribution is -0.144. The third-order valence-corrected chi connectivity index (χ3v) is 8.20. The molecule has 0 saturated heterocycles. The summed E-state index contributed by atoms with van der Waals surface area (Å²) in [7, 11) is 1.21. The van der Waals surface area contributed by atoms with Crippen molar-refractivity contribution in [3.05, 3.63) is 36.4 Å². The highest BCUT2D eigenvalue weighted by Crippen LogP contribution is 2.50. The van der Waals surface area contributed by atoms with Crippen LogP contribution in [0.2, 0.25) is 0 Å². The number of fused-ring (bicyclic) bond motifs is 1. The average Bonchev–Trinajstić information content (AvgIpc) is 2.78. The van der Waals surface area contributed by atoms with Crippen molar-refractivity contribution in [2.24, 2.45) is 35.5 Å². The van der Waals surface area contributed by atoms with Crippen molar-refractivity contribution in [1.82, 2.24) is 0 Å². The molecule has 1 aromatic carbocycles. The van der Waals surface area contributed by atoms with E-state index >= 15 is 0 Å². The highest BCUT2D eigenvalue weighted by atomic mass is 19.1. The fourth-order valence-corrected chi connectivity index (χ4v) is 6.55. The van der Waals surface area contributed by atoms with Gasteiger partial charge in [0.25, 0.3) is 0 Å². The second-order valence-electron chi connectivity index (χ2n) is 9.79. The number of carbonyl (C=O) groups is 1. The maximum absolute atomic E-state index is 14.0. The Morgan fingerprint density at radius 3 is 2.29 bits per heavy atom. The molecule has 0 bridgehead atoms. The molecule has 3 fully saturated rings. The second kappa shape index (κ2) is 9.70. The van der Waals surface area contributed by atoms with Gasteiger partial charge in [0, 0.05) is 12.1 Å². The molecule has 0 amide bonds. The number of ether oxygens (including phenoxy) is 2. The van der Waals surface area contributed by atoms with Crippen molar-refractivity contribution < 1.29 is 23.0 Å². The lowest BCUT2D eigenvalue weighted by Gasteiger charge is -2.45. The molecule has 3 aliphatic rings. The largest absolute Gasteiger partial charge is 0.491 e. The van der Waals surface area contributed by atoms with Crippen molar-refractivity contribution >= 4 is 5.97 Å². The lowest BCUT2D eigenvalue weighted by atomic mass is 9.59. The minimum Gasteiger partial charge on any atom is -0.491 e. The predicted molar refractivity (Wildman–Crippen MR) is 116 cm³/mol. The highest BCUT2D eigenvalue weighted by molar-refractivity contribution is 5.75. The number of hydrogen-bond donors (Lipinski definition) is 0. The van der Waals surface area contributed by atoms with Crippen molar-refractivity contribution in [2.75, 3.05) is 7.11 Å². The van der Waals surface area contributed by atoms with Crippen LogP contribution >= 0.6 is 0 Å². The third kappa shape index (κ3) is 4.80. The summed E-state index contributed by atoms with van der Waals surface area (Å²) in [5.41, 5.74) is 0. The average molecular weight is 433 g/mol. The van der Waals surface area contributed by atoms with Gasteiger partial charge in [0.15, 0.2) is 17.4 Å². The molecule has 3 aliphatic carbocycles. The molecule has 0 spiro atoms. The first kappa shape index (κ1) is 22.3. The third-order valence-electron chi connectivity index (χ3n) is 8.20. The van der Waals surface area contributed by atoms with Gasteiger partial charge in [-0.15, -0.1) is 6.58 Å². The molecule has 4 unspecified atom stereocenters. The van der Waals surface area contributed by atoms with Crippen LogP contribution in [0, 0.1) is 47.1 Å². The van der Waals surface area contributed by atoms with Crippen LogP contribution in [0.25, 0.3) is 0 Å². The van der Waals surface area contributed by atoms with Gasteiger partial charge in [0.1, 0.15) is 5.75 Å². The number of rotatable bonds is 5. The van der Waals surface area contributed by atoms with E-state index in [-0.39, 0.29) is 17.6 Å². The molecule has 0 heterocycles. The zero-order valence-corrected chi connectivity index (χ0v) is 18.5. The van der Waals surface area contributed by atoms with Crippen LogP contribution in [0.3, 0.4) is 0 Å². The topological polar surface area (TPSA) is 35.5 Å². The quantitative estimate of drug-likeness (QED) is 0.295. The number of esters is 1. The summed E-state index contributed by atoms with van der Waals surface area (Å²) in [5, 5.41) is 0. The molecule has 1 aromatic rings. The van der Waals surface area contributed by atoms with E-state index in [9.17, 15) is 13.6 Å². The van der Waals surface area contributed by atoms with Gasteiger partial charge in [-0.05, 0) is 81.0 Å². The van der Waals surface area contributed by atoms with Crippen molar-refractivity contribution in [2.45, 2.75) is 64.2 Å². The Kier molecular flexibility index (Phi) is 6.98. The van der Waals surface area contributed by atoms with Crippen LogP contribution in [-0.2, 0) is 4.79 Å². The van der Waals surface area contributed by atoms with Crippen LogP contribution < -0.4 is 9.47 Å². The summed E-state index contributed by atoms with van der Waals surface area (Å²) in [4.78, 5) is 12.9. The maximum atomic E-state index is 14.0. The van der Waals surface area contributed by atoms with Crippen molar-refractivity contribution in [3.63, 3.8) is 0 Å². The van der Waals surface area contributed by atoms with E-state index in [0.717, 1.165) is 43.2 Å². The summed E-state index contributed by atoms with van der Waals surface area (Å²) < 4.78 is 38.1. The van der Waals surface area contributed by atoms with Gasteiger partial charge in [-0.3, -0.25) is 4.79 Å². The first-order valence-electron chi connectivity index (χ1n) is 11.9. The normalized spacial score (nSPS) is 33.3. The molecule has 31 heavy (non-hydrogen) atoms. The van der Waals surface area contributed by atoms with Gasteiger partial charge < -0.3 is 9.47 Å². The Hall–Kier alpha value is -1.91. The Balaban J connectivity index is 1.38. The molecular weight excluding hydrogens is 398 g/mol. The molecule has 0 radical (unpaired) electrons. The first-order chi connectivity index (χ1) is 15.0. The summed E-state index contributed by atoms with van der Waals surface area (Å²) in [6, 6.07) is 2.05. The molecule has 170 valence electrons. The predicted octanol–water partition coefficient (Wildman–Crippen LogP) is 6.70. The smallest absolute Gasteiger partial charge is 0.314 e. The standard InChI is InChI=1S/C26H34F2O3/c1-3-16-7-9-17(10-8-16)18-11-12-21-19(13-18)5-4-6-22(21)26(29)31-20-14-23(27)25(30-2)24(28)15-20/h3,14-19,21-22H,1,4-13H2,2H3. The van der Waals surface area contributed by atoms with Gasteiger partial charge in [-0.2, -0.15) is 0 Å². The van der Waals surface area contributed by atoms with E-state index in [4.69, 9.17) is 9.47 Å². The number of carbonyl (C=O) groups excluding carboxylic acids is 1. The Labute approximate surface area is 184 Å². The number of hydrogen-bond acceptors (Lipinski definition) is 3. The van der Waals surface area contributed by atoms with Crippen LogP contribution in [0.4, 0.5) is 8.78 Å². The van der Waals surface area contributed by atoms with E-state index in [1.165, 1.54) is 52.1 Å². The number of benzene rings is 1. The molecule has 0 N–H and O–H groups in total. The summed E-state index contributed by atoms with van der Waals surface area (Å²) >= 11 is 0. The minimum atomic E-state index is -0.862. The van der Waals surface area contributed by atoms with Crippen LogP contribution in [0.1, 0.15) is 64.2 Å². The zero-order valence-electron chi connectivity index (χ0n) is 18.5. The van der Waals surface area contributed by atoms with E-state index in [1.54, 1.807) is 0 Å². The van der Waals surface area contributed by atoms with Crippen molar-refractivity contribution in [3.8, 4) is 11.5 Å². The maximum Gasteiger partial charge on any atom is 0.314 e. The summed E-state index contributed by atoms with van der Waals surface area (Å²) in [6.45, 7) is 3.96. The Bertz CT molecular complexity index is 777. The van der Waals surface area contributed by atoms with Gasteiger partial charge in [-0.25, -0.2) is 8.78 Å². The monoisotopic (exact) mass is 432 g/mol. The van der Waals surface area contributed by atoms with Gasteiger partial charge in [-0.1, -0.05) is 18.9 Å². The van der Waals surface area contributed by atoms with Crippen LogP contribution in [0.5, 0.6) is 11.5 Å². The number of halogens is 2. The van der Waals surface area contributed by atoms with Gasteiger partial charge >= 0.3 is 5.97 Å². The highest BCUT2D eigenvalue weighted by Gasteiger charge is 2.43. The van der Waals surface area contributed by atoms with Gasteiger partial charge in [0.2, 0.25) is 0 Å². The second-order valence-corrected chi connectivity index (χ2v) is 9.79. The van der Waals surface area contributed by atoms with Gasteiger partial charge in [0.05, 0.1) is 13.0 Å². The fourth-order valence-electron chi connectivity index (χ4n) is 6.55. The molecule has 4 rings (SSSR count). The van der Waals surface area contributed by atoms with Crippen LogP contribution in [-0.4, -0.2) is 13.1 Å². The molecule has 3 nitrogen and oxygen atoms in total. The molecule has 0 aromatic heterocycles. The molecule has 4 atom stereocenters. The zero-order chi connectivity index (χ0) is 22.0.